The zero-order chi connectivity index (χ0) is 20.7. The van der Waals surface area contributed by atoms with Gasteiger partial charge in [-0.3, -0.25) is 15.0 Å². The number of hydrogen-bond acceptors (Lipinski definition) is 8. The predicted molar refractivity (Wildman–Crippen MR) is 115 cm³/mol. The molecular formula is C20H20ClN5O3S. The third kappa shape index (κ3) is 3.08. The molecule has 0 aromatic heterocycles. The van der Waals surface area contributed by atoms with Gasteiger partial charge in [0.25, 0.3) is 5.69 Å². The molecule has 10 heteroatoms. The van der Waals surface area contributed by atoms with E-state index in [0.717, 1.165) is 41.4 Å². The highest BCUT2D eigenvalue weighted by Crippen LogP contribution is 2.51. The highest BCUT2D eigenvalue weighted by molar-refractivity contribution is 7.99. The maximum Gasteiger partial charge on any atom is 0.269 e. The second kappa shape index (κ2) is 7.81. The van der Waals surface area contributed by atoms with Crippen LogP contribution in [0, 0.1) is 10.1 Å². The molecule has 30 heavy (non-hydrogen) atoms. The van der Waals surface area contributed by atoms with Crippen molar-refractivity contribution in [1.29, 1.82) is 0 Å². The quantitative estimate of drug-likeness (QED) is 0.511. The Labute approximate surface area is 183 Å². The summed E-state index contributed by atoms with van der Waals surface area (Å²) in [4.78, 5) is 14.3. The fourth-order valence-electron chi connectivity index (χ4n) is 4.54. The number of nitrogens with zero attached hydrogens (tertiary/aromatic N) is 5. The van der Waals surface area contributed by atoms with Crippen LogP contribution in [0.1, 0.15) is 12.0 Å². The molecule has 1 saturated heterocycles. The van der Waals surface area contributed by atoms with E-state index in [-0.39, 0.29) is 11.7 Å². The molecule has 2 aromatic carbocycles. The molecule has 2 unspecified atom stereocenters. The molecule has 0 aliphatic carbocycles. The van der Waals surface area contributed by atoms with Gasteiger partial charge >= 0.3 is 0 Å². The van der Waals surface area contributed by atoms with Crippen LogP contribution in [-0.4, -0.2) is 47.9 Å². The van der Waals surface area contributed by atoms with Gasteiger partial charge in [-0.15, -0.1) is 11.8 Å². The number of nitro groups is 1. The largest absolute Gasteiger partial charge is 0.379 e. The highest BCUT2D eigenvalue weighted by atomic mass is 35.5. The second-order valence-electron chi connectivity index (χ2n) is 7.41. The van der Waals surface area contributed by atoms with Crippen molar-refractivity contribution in [2.75, 3.05) is 37.1 Å². The predicted octanol–water partition coefficient (Wildman–Crippen LogP) is 4.49. The summed E-state index contributed by atoms with van der Waals surface area (Å²) in [5.41, 5.74) is 1.24. The first-order valence-corrected chi connectivity index (χ1v) is 11.2. The number of nitro benzene ring substituents is 1. The van der Waals surface area contributed by atoms with Crippen molar-refractivity contribution in [1.82, 2.24) is 4.90 Å². The van der Waals surface area contributed by atoms with E-state index in [1.54, 1.807) is 23.9 Å². The van der Waals surface area contributed by atoms with E-state index in [0.29, 0.717) is 18.2 Å². The van der Waals surface area contributed by atoms with Crippen LogP contribution in [0.25, 0.3) is 0 Å². The van der Waals surface area contributed by atoms with E-state index in [2.05, 4.69) is 21.3 Å². The van der Waals surface area contributed by atoms with Crippen LogP contribution in [0.5, 0.6) is 0 Å². The van der Waals surface area contributed by atoms with Crippen LogP contribution in [0.2, 0.25) is 5.02 Å². The topological polar surface area (TPSA) is 83.6 Å². The molecule has 8 nitrogen and oxygen atoms in total. The number of rotatable bonds is 3. The van der Waals surface area contributed by atoms with E-state index in [1.807, 2.05) is 17.1 Å². The third-order valence-corrected chi connectivity index (χ3v) is 7.20. The number of anilines is 1. The first-order chi connectivity index (χ1) is 14.6. The van der Waals surface area contributed by atoms with Crippen LogP contribution >= 0.6 is 23.4 Å². The van der Waals surface area contributed by atoms with Crippen molar-refractivity contribution in [3.05, 3.63) is 63.2 Å². The highest BCUT2D eigenvalue weighted by Gasteiger charge is 2.57. The number of halogens is 1. The van der Waals surface area contributed by atoms with Crippen molar-refractivity contribution in [2.24, 2.45) is 10.3 Å². The summed E-state index contributed by atoms with van der Waals surface area (Å²) in [6, 6.07) is 12.4. The monoisotopic (exact) mass is 445 g/mol. The molecule has 2 atom stereocenters. The Hall–Kier alpha value is -2.20. The maximum absolute atomic E-state index is 11.1. The SMILES string of the molecule is O=[N+]([O-])c1ccc(N2N=NC3CCSc4ccc(Cl)cc4C32N2CCOCC2)cc1. The number of fused-ring (bicyclic) bond motifs is 3. The molecular weight excluding hydrogens is 426 g/mol. The Morgan fingerprint density at radius 2 is 1.97 bits per heavy atom. The lowest BCUT2D eigenvalue weighted by atomic mass is 9.87. The van der Waals surface area contributed by atoms with Crippen LogP contribution < -0.4 is 5.01 Å². The average molecular weight is 446 g/mol. The lowest BCUT2D eigenvalue weighted by molar-refractivity contribution is -0.384. The molecule has 0 bridgehead atoms. The summed E-state index contributed by atoms with van der Waals surface area (Å²) < 4.78 is 5.63. The van der Waals surface area contributed by atoms with Crippen LogP contribution in [-0.2, 0) is 10.4 Å². The number of morpholine rings is 1. The lowest BCUT2D eigenvalue weighted by Gasteiger charge is -2.49. The summed E-state index contributed by atoms with van der Waals surface area (Å²) in [6.45, 7) is 2.74. The third-order valence-electron chi connectivity index (χ3n) is 5.85. The Bertz CT molecular complexity index is 998. The van der Waals surface area contributed by atoms with Gasteiger partial charge in [-0.1, -0.05) is 16.8 Å². The normalized spacial score (nSPS) is 26.2. The average Bonchev–Trinajstić information content (AvgIpc) is 3.07. The zero-order valence-electron chi connectivity index (χ0n) is 16.1. The molecule has 0 saturated carbocycles. The van der Waals surface area contributed by atoms with Gasteiger partial charge in [-0.25, -0.2) is 5.01 Å². The molecule has 0 amide bonds. The molecule has 0 N–H and O–H groups in total. The maximum atomic E-state index is 11.1. The number of ether oxygens (including phenoxy) is 1. The fraction of sp³-hybridized carbons (Fsp3) is 0.400. The van der Waals surface area contributed by atoms with Gasteiger partial charge in [0.05, 0.1) is 23.8 Å². The van der Waals surface area contributed by atoms with E-state index >= 15 is 0 Å². The van der Waals surface area contributed by atoms with E-state index in [4.69, 9.17) is 16.3 Å². The van der Waals surface area contributed by atoms with Gasteiger partial charge < -0.3 is 4.74 Å². The van der Waals surface area contributed by atoms with Crippen molar-refractivity contribution in [3.8, 4) is 0 Å². The van der Waals surface area contributed by atoms with E-state index in [1.165, 1.54) is 12.1 Å². The fourth-order valence-corrected chi connectivity index (χ4v) is 5.80. The number of thioether (sulfide) groups is 1. The van der Waals surface area contributed by atoms with Gasteiger partial charge in [-0.2, -0.15) is 5.11 Å². The molecule has 156 valence electrons. The minimum Gasteiger partial charge on any atom is -0.379 e. The van der Waals surface area contributed by atoms with Crippen LogP contribution in [0.3, 0.4) is 0 Å². The van der Waals surface area contributed by atoms with Gasteiger partial charge in [-0.05, 0) is 36.8 Å². The number of hydrogen-bond donors (Lipinski definition) is 0. The Morgan fingerprint density at radius 1 is 1.20 bits per heavy atom. The Morgan fingerprint density at radius 3 is 2.70 bits per heavy atom. The smallest absolute Gasteiger partial charge is 0.269 e. The molecule has 5 rings (SSSR count). The Kier molecular flexibility index (Phi) is 5.14. The van der Waals surface area contributed by atoms with Crippen molar-refractivity contribution in [3.63, 3.8) is 0 Å². The van der Waals surface area contributed by atoms with Crippen LogP contribution in [0.15, 0.2) is 57.7 Å². The second-order valence-corrected chi connectivity index (χ2v) is 8.98. The minimum atomic E-state index is -0.649. The summed E-state index contributed by atoms with van der Waals surface area (Å²) in [5.74, 6) is 0.929. The zero-order valence-corrected chi connectivity index (χ0v) is 17.7. The van der Waals surface area contributed by atoms with Gasteiger partial charge in [0, 0.05) is 46.5 Å². The van der Waals surface area contributed by atoms with Gasteiger partial charge in [0.2, 0.25) is 0 Å². The minimum absolute atomic E-state index is 0.0479. The van der Waals surface area contributed by atoms with E-state index in [9.17, 15) is 10.1 Å². The molecule has 3 heterocycles. The summed E-state index contributed by atoms with van der Waals surface area (Å²) in [5, 5.41) is 23.0. The Balaban J connectivity index is 1.70. The molecule has 0 spiro atoms. The first kappa shape index (κ1) is 19.7. The number of benzene rings is 2. The van der Waals surface area contributed by atoms with Gasteiger partial charge in [0.1, 0.15) is 6.04 Å². The van der Waals surface area contributed by atoms with Crippen molar-refractivity contribution >= 4 is 34.7 Å². The van der Waals surface area contributed by atoms with Crippen LogP contribution in [0.4, 0.5) is 11.4 Å². The number of non-ortho nitro benzene ring substituents is 1. The summed E-state index contributed by atoms with van der Waals surface area (Å²) in [7, 11) is 0. The van der Waals surface area contributed by atoms with Crippen molar-refractivity contribution in [2.45, 2.75) is 23.0 Å². The molecule has 3 aliphatic heterocycles. The lowest BCUT2D eigenvalue weighted by Crippen LogP contribution is -2.62. The standard InChI is InChI=1S/C20H20ClN5O3S/c21-14-1-6-18-17(13-14)20(24-8-10-29-11-9-24)19(7-12-30-18)22-23-25(20)15-2-4-16(5-3-15)26(27)28/h1-6,13,19H,7-12H2. The molecule has 3 aliphatic rings. The summed E-state index contributed by atoms with van der Waals surface area (Å²) >= 11 is 8.27. The van der Waals surface area contributed by atoms with Gasteiger partial charge in [0.15, 0.2) is 5.66 Å². The van der Waals surface area contributed by atoms with Crippen molar-refractivity contribution < 1.29 is 9.66 Å². The first-order valence-electron chi connectivity index (χ1n) is 9.82. The van der Waals surface area contributed by atoms with E-state index < -0.39 is 10.6 Å². The summed E-state index contributed by atoms with van der Waals surface area (Å²) in [6.07, 6.45) is 0.862. The molecule has 2 aromatic rings. The molecule has 1 fully saturated rings. The molecule has 0 radical (unpaired) electrons.